The molecule has 0 bridgehead atoms. The highest BCUT2D eigenvalue weighted by Crippen LogP contribution is 2.36. The first-order chi connectivity index (χ1) is 13.8. The first kappa shape index (κ1) is 22.5. The highest BCUT2D eigenvalue weighted by Gasteiger charge is 2.30. The van der Waals surface area contributed by atoms with Crippen molar-refractivity contribution in [2.45, 2.75) is 26.8 Å². The molecule has 0 aromatic heterocycles. The maximum absolute atomic E-state index is 12.5. The number of esters is 2. The van der Waals surface area contributed by atoms with Crippen LogP contribution in [0.1, 0.15) is 31.1 Å². The van der Waals surface area contributed by atoms with Gasteiger partial charge in [-0.25, -0.2) is 14.4 Å². The first-order valence-electron chi connectivity index (χ1n) is 8.97. The fraction of sp³-hybridized carbons (Fsp3) is 0.421. The van der Waals surface area contributed by atoms with Crippen molar-refractivity contribution in [1.29, 1.82) is 0 Å². The number of rotatable bonds is 8. The molecule has 0 spiro atoms. The maximum Gasteiger partial charge on any atom is 0.338 e. The predicted octanol–water partition coefficient (Wildman–Crippen LogP) is 2.53. The highest BCUT2D eigenvalue weighted by molar-refractivity contribution is 9.10. The number of methoxy groups -OCH3 is 1. The van der Waals surface area contributed by atoms with Crippen molar-refractivity contribution >= 4 is 33.9 Å². The third kappa shape index (κ3) is 5.41. The molecule has 10 heteroatoms. The SMILES string of the molecule is CCOC(=O)C1=C(COC(=O)c2cc(Br)c(OCC)c(OC)c2)NC(=O)NC1C. The molecular weight excluding hydrogens is 448 g/mol. The summed E-state index contributed by atoms with van der Waals surface area (Å²) >= 11 is 3.35. The van der Waals surface area contributed by atoms with Gasteiger partial charge in [-0.1, -0.05) is 0 Å². The number of nitrogens with one attached hydrogen (secondary N) is 2. The zero-order valence-corrected chi connectivity index (χ0v) is 18.2. The van der Waals surface area contributed by atoms with Gasteiger partial charge in [-0.3, -0.25) is 0 Å². The van der Waals surface area contributed by atoms with E-state index >= 15 is 0 Å². The van der Waals surface area contributed by atoms with Crippen LogP contribution >= 0.6 is 15.9 Å². The van der Waals surface area contributed by atoms with Crippen LogP contribution in [0.3, 0.4) is 0 Å². The average molecular weight is 471 g/mol. The van der Waals surface area contributed by atoms with Gasteiger partial charge in [-0.05, 0) is 48.8 Å². The summed E-state index contributed by atoms with van der Waals surface area (Å²) in [6, 6.07) is 1.95. The van der Waals surface area contributed by atoms with Gasteiger partial charge in [0.25, 0.3) is 0 Å². The second-order valence-corrected chi connectivity index (χ2v) is 6.79. The Morgan fingerprint density at radius 3 is 2.48 bits per heavy atom. The summed E-state index contributed by atoms with van der Waals surface area (Å²) in [4.78, 5) is 36.5. The van der Waals surface area contributed by atoms with Crippen molar-refractivity contribution in [1.82, 2.24) is 10.6 Å². The summed E-state index contributed by atoms with van der Waals surface area (Å²) in [5.41, 5.74) is 0.582. The van der Waals surface area contributed by atoms with Crippen LogP contribution in [-0.2, 0) is 14.3 Å². The Bertz CT molecular complexity index is 838. The van der Waals surface area contributed by atoms with E-state index in [2.05, 4.69) is 26.6 Å². The second kappa shape index (κ2) is 10.1. The molecular formula is C19H23BrN2O7. The molecule has 1 aliphatic rings. The fourth-order valence-corrected chi connectivity index (χ4v) is 3.29. The van der Waals surface area contributed by atoms with Crippen molar-refractivity contribution in [3.63, 3.8) is 0 Å². The molecule has 0 radical (unpaired) electrons. The van der Waals surface area contributed by atoms with Crippen molar-refractivity contribution < 1.29 is 33.3 Å². The second-order valence-electron chi connectivity index (χ2n) is 5.93. The monoisotopic (exact) mass is 470 g/mol. The molecule has 0 saturated carbocycles. The minimum Gasteiger partial charge on any atom is -0.493 e. The van der Waals surface area contributed by atoms with Gasteiger partial charge in [0.1, 0.15) is 6.61 Å². The number of halogens is 1. The van der Waals surface area contributed by atoms with E-state index in [0.717, 1.165) is 0 Å². The molecule has 2 rings (SSSR count). The van der Waals surface area contributed by atoms with E-state index < -0.39 is 24.0 Å². The van der Waals surface area contributed by atoms with Gasteiger partial charge in [0.2, 0.25) is 0 Å². The summed E-state index contributed by atoms with van der Waals surface area (Å²) in [7, 11) is 1.46. The summed E-state index contributed by atoms with van der Waals surface area (Å²) in [6.07, 6.45) is 0. The van der Waals surface area contributed by atoms with Crippen molar-refractivity contribution in [3.8, 4) is 11.5 Å². The number of amides is 2. The van der Waals surface area contributed by atoms with E-state index in [9.17, 15) is 14.4 Å². The fourth-order valence-electron chi connectivity index (χ4n) is 2.74. The lowest BCUT2D eigenvalue weighted by Crippen LogP contribution is -2.50. The Hall–Kier alpha value is -2.75. The lowest BCUT2D eigenvalue weighted by atomic mass is 10.0. The molecule has 1 heterocycles. The minimum atomic E-state index is -0.664. The van der Waals surface area contributed by atoms with Gasteiger partial charge >= 0.3 is 18.0 Å². The van der Waals surface area contributed by atoms with Crippen molar-refractivity contribution in [3.05, 3.63) is 33.4 Å². The lowest BCUT2D eigenvalue weighted by molar-refractivity contribution is -0.139. The zero-order chi connectivity index (χ0) is 21.6. The molecule has 9 nitrogen and oxygen atoms in total. The van der Waals surface area contributed by atoms with Crippen LogP contribution < -0.4 is 20.1 Å². The summed E-state index contributed by atoms with van der Waals surface area (Å²) in [6.45, 7) is 5.44. The molecule has 1 atom stereocenters. The molecule has 2 N–H and O–H groups in total. The molecule has 1 unspecified atom stereocenters. The van der Waals surface area contributed by atoms with Gasteiger partial charge in [-0.2, -0.15) is 0 Å². The van der Waals surface area contributed by atoms with E-state index in [-0.39, 0.29) is 30.0 Å². The van der Waals surface area contributed by atoms with E-state index in [1.165, 1.54) is 13.2 Å². The van der Waals surface area contributed by atoms with Crippen LogP contribution in [0, 0.1) is 0 Å². The molecule has 0 fully saturated rings. The Morgan fingerprint density at radius 2 is 1.86 bits per heavy atom. The van der Waals surface area contributed by atoms with Gasteiger partial charge in [0, 0.05) is 0 Å². The quantitative estimate of drug-likeness (QED) is 0.561. The van der Waals surface area contributed by atoms with Crippen molar-refractivity contribution in [2.75, 3.05) is 26.9 Å². The molecule has 0 saturated heterocycles. The van der Waals surface area contributed by atoms with Crippen molar-refractivity contribution in [2.24, 2.45) is 0 Å². The van der Waals surface area contributed by atoms with Gasteiger partial charge in [-0.15, -0.1) is 0 Å². The number of hydrogen-bond donors (Lipinski definition) is 2. The van der Waals surface area contributed by atoms with E-state index in [4.69, 9.17) is 18.9 Å². The number of carbonyl (C=O) groups excluding carboxylic acids is 3. The Balaban J connectivity index is 2.23. The molecule has 158 valence electrons. The first-order valence-corrected chi connectivity index (χ1v) is 9.76. The molecule has 29 heavy (non-hydrogen) atoms. The summed E-state index contributed by atoms with van der Waals surface area (Å²) in [5.74, 6) is -0.422. The molecule has 1 aliphatic heterocycles. The number of hydrogen-bond acceptors (Lipinski definition) is 7. The number of benzene rings is 1. The third-order valence-electron chi connectivity index (χ3n) is 3.97. The van der Waals surface area contributed by atoms with Gasteiger partial charge in [0.05, 0.1) is 47.7 Å². The van der Waals surface area contributed by atoms with Gasteiger partial charge < -0.3 is 29.6 Å². The lowest BCUT2D eigenvalue weighted by Gasteiger charge is -2.26. The number of urea groups is 1. The van der Waals surface area contributed by atoms with Crippen LogP contribution in [0.25, 0.3) is 0 Å². The van der Waals surface area contributed by atoms with Crippen LogP contribution in [0.15, 0.2) is 27.9 Å². The Labute approximate surface area is 176 Å². The number of carbonyl (C=O) groups is 3. The predicted molar refractivity (Wildman–Crippen MR) is 107 cm³/mol. The minimum absolute atomic E-state index is 0.171. The zero-order valence-electron chi connectivity index (χ0n) is 16.6. The third-order valence-corrected chi connectivity index (χ3v) is 4.56. The smallest absolute Gasteiger partial charge is 0.338 e. The largest absolute Gasteiger partial charge is 0.493 e. The molecule has 0 aliphatic carbocycles. The van der Waals surface area contributed by atoms with Crippen LogP contribution in [0.5, 0.6) is 11.5 Å². The molecule has 1 aromatic carbocycles. The molecule has 1 aromatic rings. The van der Waals surface area contributed by atoms with E-state index in [0.29, 0.717) is 22.6 Å². The Morgan fingerprint density at radius 1 is 1.14 bits per heavy atom. The van der Waals surface area contributed by atoms with Crippen LogP contribution in [-0.4, -0.2) is 50.9 Å². The van der Waals surface area contributed by atoms with Crippen LogP contribution in [0.4, 0.5) is 4.79 Å². The molecule has 2 amide bonds. The van der Waals surface area contributed by atoms with E-state index in [1.807, 2.05) is 6.92 Å². The van der Waals surface area contributed by atoms with Gasteiger partial charge in [0.15, 0.2) is 11.5 Å². The summed E-state index contributed by atoms with van der Waals surface area (Å²) in [5, 5.41) is 5.07. The standard InChI is InChI=1S/C19H23BrN2O7/c1-5-27-16-12(20)7-11(8-14(16)26-4)17(23)29-9-13-15(18(24)28-6-2)10(3)21-19(25)22-13/h7-8,10H,5-6,9H2,1-4H3,(H2,21,22,25). The Kier molecular flexibility index (Phi) is 7.89. The average Bonchev–Trinajstić information content (AvgIpc) is 2.67. The normalized spacial score (nSPS) is 15.9. The highest BCUT2D eigenvalue weighted by atomic mass is 79.9. The maximum atomic E-state index is 12.5. The van der Waals surface area contributed by atoms with E-state index in [1.54, 1.807) is 19.9 Å². The number of ether oxygens (including phenoxy) is 4. The topological polar surface area (TPSA) is 112 Å². The van der Waals surface area contributed by atoms with Crippen LogP contribution in [0.2, 0.25) is 0 Å². The summed E-state index contributed by atoms with van der Waals surface area (Å²) < 4.78 is 21.6.